The predicted octanol–water partition coefficient (Wildman–Crippen LogP) is 7.66. The van der Waals surface area contributed by atoms with Gasteiger partial charge in [0.05, 0.1) is 6.61 Å². The van der Waals surface area contributed by atoms with Crippen molar-refractivity contribution in [2.24, 2.45) is 0 Å². The molecular weight excluding hydrogens is 398 g/mol. The van der Waals surface area contributed by atoms with Crippen LogP contribution in [0.1, 0.15) is 142 Å². The van der Waals surface area contributed by atoms with Crippen LogP contribution in [-0.4, -0.2) is 48.8 Å². The third-order valence-corrected chi connectivity index (χ3v) is 6.46. The van der Waals surface area contributed by atoms with E-state index in [0.717, 1.165) is 38.8 Å². The van der Waals surface area contributed by atoms with Gasteiger partial charge in [0, 0.05) is 13.0 Å². The Bertz CT molecular complexity index is 373. The van der Waals surface area contributed by atoms with E-state index >= 15 is 0 Å². The van der Waals surface area contributed by atoms with Crippen molar-refractivity contribution in [2.75, 3.05) is 26.7 Å². The maximum Gasteiger partial charge on any atom is 0.306 e. The molecule has 0 bridgehead atoms. The monoisotopic (exact) mass is 455 g/mol. The third kappa shape index (κ3) is 22.6. The van der Waals surface area contributed by atoms with Crippen molar-refractivity contribution in [3.8, 4) is 0 Å². The summed E-state index contributed by atoms with van der Waals surface area (Å²) in [6.45, 7) is 6.55. The molecular formula is C28H57NO3. The zero-order chi connectivity index (χ0) is 23.7. The number of unbranched alkanes of at least 4 members (excludes halogenated alkanes) is 14. The lowest BCUT2D eigenvalue weighted by molar-refractivity contribution is -0.150. The Hall–Kier alpha value is -0.610. The molecule has 0 aromatic heterocycles. The summed E-state index contributed by atoms with van der Waals surface area (Å²) in [5.74, 6) is 0.0228. The highest BCUT2D eigenvalue weighted by Crippen LogP contribution is 2.18. The van der Waals surface area contributed by atoms with Crippen molar-refractivity contribution < 1.29 is 14.6 Å². The van der Waals surface area contributed by atoms with Gasteiger partial charge in [-0.1, -0.05) is 97.3 Å². The van der Waals surface area contributed by atoms with Gasteiger partial charge in [0.15, 0.2) is 0 Å². The zero-order valence-corrected chi connectivity index (χ0v) is 22.1. The minimum Gasteiger partial charge on any atom is -0.462 e. The Morgan fingerprint density at radius 2 is 1.16 bits per heavy atom. The number of rotatable bonds is 25. The first-order chi connectivity index (χ1) is 15.6. The number of aliphatic hydroxyl groups is 1. The van der Waals surface area contributed by atoms with Gasteiger partial charge in [-0.15, -0.1) is 0 Å². The van der Waals surface area contributed by atoms with Crippen LogP contribution in [0.3, 0.4) is 0 Å². The summed E-state index contributed by atoms with van der Waals surface area (Å²) in [6, 6.07) is 0. The quantitative estimate of drug-likeness (QED) is 0.113. The van der Waals surface area contributed by atoms with Crippen molar-refractivity contribution in [2.45, 2.75) is 148 Å². The van der Waals surface area contributed by atoms with Gasteiger partial charge in [0.25, 0.3) is 0 Å². The van der Waals surface area contributed by atoms with Crippen molar-refractivity contribution >= 4 is 5.97 Å². The molecule has 0 unspecified atom stereocenters. The molecule has 0 saturated heterocycles. The number of likely N-dealkylation sites (N-methyl/N-ethyl adjacent to an activating group) is 1. The van der Waals surface area contributed by atoms with E-state index in [1.165, 1.54) is 96.3 Å². The number of hydrogen-bond acceptors (Lipinski definition) is 4. The molecule has 0 aliphatic rings. The second-order valence-electron chi connectivity index (χ2n) is 9.77. The van der Waals surface area contributed by atoms with E-state index in [-0.39, 0.29) is 18.7 Å². The van der Waals surface area contributed by atoms with Gasteiger partial charge in [0.2, 0.25) is 0 Å². The molecule has 0 amide bonds. The fraction of sp³-hybridized carbons (Fsp3) is 0.964. The van der Waals surface area contributed by atoms with Crippen LogP contribution in [0.5, 0.6) is 0 Å². The molecule has 4 heteroatoms. The molecule has 0 saturated carbocycles. The molecule has 0 spiro atoms. The van der Waals surface area contributed by atoms with Crippen LogP contribution in [0, 0.1) is 0 Å². The van der Waals surface area contributed by atoms with Crippen LogP contribution >= 0.6 is 0 Å². The minimum absolute atomic E-state index is 0.0228. The molecule has 0 aromatic rings. The van der Waals surface area contributed by atoms with Crippen LogP contribution in [-0.2, 0) is 9.53 Å². The smallest absolute Gasteiger partial charge is 0.306 e. The number of nitrogens with zero attached hydrogens (tertiary/aromatic N) is 1. The highest BCUT2D eigenvalue weighted by atomic mass is 16.5. The molecule has 1 N–H and O–H groups in total. The summed E-state index contributed by atoms with van der Waals surface area (Å²) in [4.78, 5) is 14.6. The van der Waals surface area contributed by atoms with Crippen LogP contribution in [0.15, 0.2) is 0 Å². The lowest BCUT2D eigenvalue weighted by Crippen LogP contribution is -2.23. The van der Waals surface area contributed by atoms with Crippen molar-refractivity contribution in [1.29, 1.82) is 0 Å². The molecule has 192 valence electrons. The zero-order valence-electron chi connectivity index (χ0n) is 22.1. The number of esters is 1. The molecule has 0 fully saturated rings. The van der Waals surface area contributed by atoms with E-state index in [1.807, 2.05) is 0 Å². The maximum atomic E-state index is 12.4. The Morgan fingerprint density at radius 1 is 0.688 bits per heavy atom. The molecule has 0 heterocycles. The lowest BCUT2D eigenvalue weighted by Gasteiger charge is -2.18. The van der Waals surface area contributed by atoms with Crippen LogP contribution in [0.2, 0.25) is 0 Å². The summed E-state index contributed by atoms with van der Waals surface area (Å²) >= 11 is 0. The fourth-order valence-corrected chi connectivity index (χ4v) is 4.28. The average Bonchev–Trinajstić information content (AvgIpc) is 2.77. The Kier molecular flexibility index (Phi) is 24.5. The molecule has 0 rings (SSSR count). The highest BCUT2D eigenvalue weighted by molar-refractivity contribution is 5.69. The van der Waals surface area contributed by atoms with Gasteiger partial charge in [-0.05, 0) is 52.1 Å². The van der Waals surface area contributed by atoms with Crippen molar-refractivity contribution in [3.05, 3.63) is 0 Å². The van der Waals surface area contributed by atoms with Crippen LogP contribution in [0.4, 0.5) is 0 Å². The molecule has 0 atom stereocenters. The lowest BCUT2D eigenvalue weighted by atomic mass is 10.0. The summed E-state index contributed by atoms with van der Waals surface area (Å²) in [7, 11) is 2.05. The largest absolute Gasteiger partial charge is 0.462 e. The normalized spacial score (nSPS) is 11.6. The molecule has 0 aromatic carbocycles. The fourth-order valence-electron chi connectivity index (χ4n) is 4.28. The molecule has 0 aliphatic heterocycles. The Balaban J connectivity index is 3.98. The topological polar surface area (TPSA) is 49.8 Å². The van der Waals surface area contributed by atoms with Crippen molar-refractivity contribution in [3.63, 3.8) is 0 Å². The van der Waals surface area contributed by atoms with Gasteiger partial charge in [-0.2, -0.15) is 0 Å². The van der Waals surface area contributed by atoms with Gasteiger partial charge in [-0.3, -0.25) is 4.79 Å². The van der Waals surface area contributed by atoms with Gasteiger partial charge in [0.1, 0.15) is 6.10 Å². The molecule has 0 radical (unpaired) electrons. The highest BCUT2D eigenvalue weighted by Gasteiger charge is 2.14. The first kappa shape index (κ1) is 31.4. The van der Waals surface area contributed by atoms with E-state index in [0.29, 0.717) is 6.42 Å². The Morgan fingerprint density at radius 3 is 1.69 bits per heavy atom. The summed E-state index contributed by atoms with van der Waals surface area (Å²) in [6.07, 6.45) is 24.0. The van der Waals surface area contributed by atoms with E-state index in [2.05, 4.69) is 25.8 Å². The number of carbonyl (C=O) groups excluding carboxylic acids is 1. The van der Waals surface area contributed by atoms with E-state index in [4.69, 9.17) is 9.84 Å². The van der Waals surface area contributed by atoms with Crippen LogP contribution in [0.25, 0.3) is 0 Å². The summed E-state index contributed by atoms with van der Waals surface area (Å²) in [5.41, 5.74) is 0. The maximum absolute atomic E-state index is 12.4. The standard InChI is InChI=1S/C28H57NO3/c1-4-6-8-10-13-17-21-27(22-18-14-11-9-7-5-2)32-28(31)23-19-15-12-16-20-24-29(3)25-26-30/h27,30H,4-26H2,1-3H3. The average molecular weight is 456 g/mol. The first-order valence-corrected chi connectivity index (χ1v) is 14.1. The second kappa shape index (κ2) is 25.0. The molecule has 32 heavy (non-hydrogen) atoms. The van der Waals surface area contributed by atoms with Gasteiger partial charge < -0.3 is 14.7 Å². The van der Waals surface area contributed by atoms with E-state index < -0.39 is 0 Å². The first-order valence-electron chi connectivity index (χ1n) is 14.1. The minimum atomic E-state index is 0.0228. The van der Waals surface area contributed by atoms with Crippen molar-refractivity contribution in [1.82, 2.24) is 4.90 Å². The second-order valence-corrected chi connectivity index (χ2v) is 9.77. The number of ether oxygens (including phenoxy) is 1. The van der Waals surface area contributed by atoms with E-state index in [1.54, 1.807) is 0 Å². The predicted molar refractivity (Wildman–Crippen MR) is 138 cm³/mol. The van der Waals surface area contributed by atoms with Gasteiger partial charge in [-0.25, -0.2) is 0 Å². The molecule has 0 aliphatic carbocycles. The summed E-state index contributed by atoms with van der Waals surface area (Å²) < 4.78 is 5.92. The SMILES string of the molecule is CCCCCCCCC(CCCCCCCC)OC(=O)CCCCCCCN(C)CCO. The Labute approximate surface area is 200 Å². The van der Waals surface area contributed by atoms with Gasteiger partial charge >= 0.3 is 5.97 Å². The number of aliphatic hydroxyl groups excluding tert-OH is 1. The third-order valence-electron chi connectivity index (χ3n) is 6.46. The molecule has 4 nitrogen and oxygen atoms in total. The van der Waals surface area contributed by atoms with E-state index in [9.17, 15) is 4.79 Å². The number of carbonyl (C=O) groups is 1. The van der Waals surface area contributed by atoms with Crippen LogP contribution < -0.4 is 0 Å². The summed E-state index contributed by atoms with van der Waals surface area (Å²) in [5, 5.41) is 8.92. The number of hydrogen-bond donors (Lipinski definition) is 1.